The second kappa shape index (κ2) is 22.2. The number of hydrogen-bond donors (Lipinski definition) is 3. The molecule has 3 N–H and O–H groups in total. The van der Waals surface area contributed by atoms with E-state index in [2.05, 4.69) is 20.9 Å². The zero-order valence-corrected chi connectivity index (χ0v) is 41.6. The quantitative estimate of drug-likeness (QED) is 0.191. The Kier molecular flexibility index (Phi) is 17.5. The molecule has 356 valence electrons. The molecule has 4 heterocycles. The molecule has 2 saturated heterocycles. The van der Waals surface area contributed by atoms with Crippen LogP contribution in [0.2, 0.25) is 0 Å². The molecule has 4 aliphatic rings. The van der Waals surface area contributed by atoms with Crippen LogP contribution in [0.5, 0.6) is 0 Å². The van der Waals surface area contributed by atoms with E-state index in [0.29, 0.717) is 67.7 Å². The summed E-state index contributed by atoms with van der Waals surface area (Å²) in [6.07, 6.45) is 3.33. The zero-order chi connectivity index (χ0) is 47.9. The van der Waals surface area contributed by atoms with Crippen LogP contribution < -0.4 is 25.8 Å². The third kappa shape index (κ3) is 12.6. The topological polar surface area (TPSA) is 140 Å². The minimum atomic E-state index is -1.24. The predicted molar refractivity (Wildman–Crippen MR) is 258 cm³/mol. The standard InChI is InChI=1S/C27H38FN3O4S.C22H30FN3O2S/c1-8-31(22-9-10-30(14-21(22)28)26(34)35-27(5,6)7)25-18(4)20(15-36-25)24(33)29-13-19-17(3)11-16(2)12-23(19)32;1-5-26(19-6-7-24-11-18(19)23)22-15(4)17(12-29-22)21(28)25-10-16-14(3)8-13(2)9-20(16)27/h11,15,21-22H,8-10,12-14H2,1-7H3,(H,29,33);8,12,18-19,24H,5-7,9-11H2,1-4H3,(H,25,28). The number of nitrogens with one attached hydrogen (secondary N) is 3. The van der Waals surface area contributed by atoms with Gasteiger partial charge in [-0.25, -0.2) is 13.6 Å². The molecule has 16 heteroatoms. The number of hydrogen-bond acceptors (Lipinski definition) is 11. The van der Waals surface area contributed by atoms with Gasteiger partial charge in [0, 0.05) is 74.0 Å². The molecular formula is C49H68F2N6O6S2. The minimum Gasteiger partial charge on any atom is -0.444 e. The molecule has 0 saturated carbocycles. The Morgan fingerprint density at radius 2 is 1.23 bits per heavy atom. The van der Waals surface area contributed by atoms with Gasteiger partial charge in [-0.2, -0.15) is 0 Å². The first kappa shape index (κ1) is 51.3. The molecule has 2 aliphatic heterocycles. The van der Waals surface area contributed by atoms with E-state index in [0.717, 1.165) is 56.4 Å². The van der Waals surface area contributed by atoms with Crippen molar-refractivity contribution in [2.75, 3.05) is 62.2 Å². The number of alkyl halides is 2. The number of halogens is 2. The lowest BCUT2D eigenvalue weighted by atomic mass is 9.92. The summed E-state index contributed by atoms with van der Waals surface area (Å²) in [6.45, 7) is 24.0. The summed E-state index contributed by atoms with van der Waals surface area (Å²) in [7, 11) is 0. The summed E-state index contributed by atoms with van der Waals surface area (Å²) in [6, 6.07) is -0.568. The number of ether oxygens (including phenoxy) is 1. The number of anilines is 2. The fourth-order valence-electron chi connectivity index (χ4n) is 8.96. The summed E-state index contributed by atoms with van der Waals surface area (Å²) in [5.41, 5.74) is 7.33. The third-order valence-corrected chi connectivity index (χ3v) is 14.6. The molecule has 3 amide bonds. The lowest BCUT2D eigenvalue weighted by Gasteiger charge is -2.41. The van der Waals surface area contributed by atoms with Gasteiger partial charge in [0.2, 0.25) is 0 Å². The Labute approximate surface area is 391 Å². The molecule has 12 nitrogen and oxygen atoms in total. The van der Waals surface area contributed by atoms with Gasteiger partial charge in [-0.1, -0.05) is 23.3 Å². The molecule has 6 rings (SSSR count). The summed E-state index contributed by atoms with van der Waals surface area (Å²) in [5, 5.41) is 14.3. The number of rotatable bonds is 12. The molecule has 4 unspecified atom stereocenters. The van der Waals surface area contributed by atoms with Crippen LogP contribution in [0.3, 0.4) is 0 Å². The van der Waals surface area contributed by atoms with E-state index in [1.807, 2.05) is 77.8 Å². The van der Waals surface area contributed by atoms with E-state index in [4.69, 9.17) is 4.74 Å². The highest BCUT2D eigenvalue weighted by atomic mass is 32.1. The highest BCUT2D eigenvalue weighted by molar-refractivity contribution is 7.15. The van der Waals surface area contributed by atoms with E-state index < -0.39 is 30.1 Å². The number of likely N-dealkylation sites (tertiary alicyclic amines) is 1. The lowest BCUT2D eigenvalue weighted by molar-refractivity contribution is -0.116. The number of thiophene rings is 2. The van der Waals surface area contributed by atoms with Gasteiger partial charge in [-0.3, -0.25) is 19.2 Å². The van der Waals surface area contributed by atoms with Crippen molar-refractivity contribution in [3.8, 4) is 0 Å². The van der Waals surface area contributed by atoms with Crippen molar-refractivity contribution in [2.24, 2.45) is 0 Å². The van der Waals surface area contributed by atoms with E-state index in [1.165, 1.54) is 27.6 Å². The van der Waals surface area contributed by atoms with Gasteiger partial charge in [-0.15, -0.1) is 22.7 Å². The van der Waals surface area contributed by atoms with Gasteiger partial charge in [0.15, 0.2) is 11.6 Å². The molecule has 0 bridgehead atoms. The summed E-state index contributed by atoms with van der Waals surface area (Å²) in [5.74, 6) is -0.327. The Morgan fingerprint density at radius 3 is 1.63 bits per heavy atom. The van der Waals surface area contributed by atoms with Gasteiger partial charge < -0.3 is 35.4 Å². The van der Waals surface area contributed by atoms with Crippen LogP contribution in [0.15, 0.2) is 56.4 Å². The van der Waals surface area contributed by atoms with Gasteiger partial charge in [0.1, 0.15) is 17.9 Å². The van der Waals surface area contributed by atoms with Crippen LogP contribution in [-0.2, 0) is 14.3 Å². The average molecular weight is 939 g/mol. The molecule has 0 spiro atoms. The largest absolute Gasteiger partial charge is 0.444 e. The molecular weight excluding hydrogens is 871 g/mol. The fraction of sp³-hybridized carbons (Fsp3) is 0.571. The number of carbonyl (C=O) groups excluding carboxylic acids is 5. The number of ketones is 2. The van der Waals surface area contributed by atoms with Crippen molar-refractivity contribution in [2.45, 2.75) is 132 Å². The first-order valence-corrected chi connectivity index (χ1v) is 24.4. The summed E-state index contributed by atoms with van der Waals surface area (Å²) < 4.78 is 35.2. The van der Waals surface area contributed by atoms with Crippen molar-refractivity contribution >= 4 is 62.1 Å². The van der Waals surface area contributed by atoms with Crippen LogP contribution in [0, 0.1) is 13.8 Å². The van der Waals surface area contributed by atoms with E-state index >= 15 is 4.39 Å². The van der Waals surface area contributed by atoms with Crippen LogP contribution in [0.25, 0.3) is 0 Å². The van der Waals surface area contributed by atoms with Crippen molar-refractivity contribution in [3.63, 3.8) is 0 Å². The van der Waals surface area contributed by atoms with Crippen molar-refractivity contribution < 1.29 is 37.5 Å². The highest BCUT2D eigenvalue weighted by Crippen LogP contribution is 2.37. The maximum absolute atomic E-state index is 15.3. The molecule has 65 heavy (non-hydrogen) atoms. The Hall–Kier alpha value is -4.67. The molecule has 0 aromatic carbocycles. The normalized spacial score (nSPS) is 21.6. The summed E-state index contributed by atoms with van der Waals surface area (Å²) >= 11 is 2.90. The third-order valence-electron chi connectivity index (χ3n) is 12.3. The van der Waals surface area contributed by atoms with Crippen LogP contribution in [-0.4, -0.2) is 117 Å². The second-order valence-corrected chi connectivity index (χ2v) is 20.2. The predicted octanol–water partition coefficient (Wildman–Crippen LogP) is 8.74. The zero-order valence-electron chi connectivity index (χ0n) is 40.0. The maximum atomic E-state index is 15.3. The SMILES string of the molecule is CCN(c1scc(C(=O)NCC2=C(C)C=C(C)CC2=O)c1C)C1CCN(C(=O)OC(C)(C)C)CC1F.CCN(c1scc(C(=O)NCC2=C(C)C=C(C)CC2=O)c1C)C1CCNCC1F. The number of allylic oxidation sites excluding steroid dienone is 6. The first-order chi connectivity index (χ1) is 30.6. The Morgan fingerprint density at radius 1 is 0.769 bits per heavy atom. The van der Waals surface area contributed by atoms with Gasteiger partial charge in [0.05, 0.1) is 39.8 Å². The molecule has 0 radical (unpaired) electrons. The number of nitrogens with zero attached hydrogens (tertiary/aromatic N) is 3. The fourth-order valence-corrected chi connectivity index (χ4v) is 11.4. The number of carbonyl (C=O) groups is 5. The van der Waals surface area contributed by atoms with Crippen molar-refractivity contribution in [1.82, 2.24) is 20.9 Å². The van der Waals surface area contributed by atoms with Gasteiger partial charge in [-0.05, 0) is 118 Å². The van der Waals surface area contributed by atoms with Crippen LogP contribution in [0.4, 0.5) is 23.6 Å². The molecule has 2 aromatic heterocycles. The second-order valence-electron chi connectivity index (χ2n) is 18.5. The van der Waals surface area contributed by atoms with Crippen molar-refractivity contribution in [1.29, 1.82) is 0 Å². The molecule has 2 aliphatic carbocycles. The van der Waals surface area contributed by atoms with Crippen LogP contribution in [0.1, 0.15) is 120 Å². The summed E-state index contributed by atoms with van der Waals surface area (Å²) in [4.78, 5) is 68.3. The van der Waals surface area contributed by atoms with E-state index in [1.54, 1.807) is 26.2 Å². The highest BCUT2D eigenvalue weighted by Gasteiger charge is 2.38. The maximum Gasteiger partial charge on any atom is 0.410 e. The first-order valence-electron chi connectivity index (χ1n) is 22.7. The Balaban J connectivity index is 0.000000250. The molecule has 4 atom stereocenters. The van der Waals surface area contributed by atoms with Gasteiger partial charge >= 0.3 is 6.09 Å². The smallest absolute Gasteiger partial charge is 0.410 e. The lowest BCUT2D eigenvalue weighted by Crippen LogP contribution is -2.54. The van der Waals surface area contributed by atoms with Crippen LogP contribution >= 0.6 is 22.7 Å². The average Bonchev–Trinajstić information content (AvgIpc) is 3.80. The van der Waals surface area contributed by atoms with E-state index in [-0.39, 0.29) is 49.1 Å². The molecule has 2 aromatic rings. The Bertz CT molecular complexity index is 2250. The van der Waals surface area contributed by atoms with Gasteiger partial charge in [0.25, 0.3) is 11.8 Å². The minimum absolute atomic E-state index is 0.0236. The van der Waals surface area contributed by atoms with Crippen molar-refractivity contribution in [3.05, 3.63) is 78.6 Å². The number of piperidine rings is 2. The molecule has 2 fully saturated rings. The monoisotopic (exact) mass is 938 g/mol. The number of Topliss-reactive ketones (excluding diaryl/α,β-unsaturated/α-hetero) is 2. The van der Waals surface area contributed by atoms with E-state index in [9.17, 15) is 28.4 Å². The number of amides is 3.